The molecule has 0 unspecified atom stereocenters. The minimum absolute atomic E-state index is 0. The van der Waals surface area contributed by atoms with Crippen LogP contribution in [0.1, 0.15) is 49.4 Å². The standard InChI is InChI=1S/C18H32N4OS.HI/c1-4-15-13-21-16(24-15)7-11-20-17(19-5-2)22-14-18(8-6-9-18)10-12-23-3;/h13H,4-12,14H2,1-3H3,(H2,19,20,22);1H. The first-order chi connectivity index (χ1) is 11.7. The first-order valence-electron chi connectivity index (χ1n) is 9.16. The summed E-state index contributed by atoms with van der Waals surface area (Å²) in [6.45, 7) is 7.76. The van der Waals surface area contributed by atoms with Crippen molar-refractivity contribution in [2.75, 3.05) is 33.4 Å². The third kappa shape index (κ3) is 7.38. The summed E-state index contributed by atoms with van der Waals surface area (Å²) in [5.74, 6) is 0.925. The maximum Gasteiger partial charge on any atom is 0.191 e. The summed E-state index contributed by atoms with van der Waals surface area (Å²) in [7, 11) is 1.78. The van der Waals surface area contributed by atoms with Crippen molar-refractivity contribution in [3.05, 3.63) is 16.1 Å². The summed E-state index contributed by atoms with van der Waals surface area (Å²) in [5.41, 5.74) is 0.365. The molecule has 0 aromatic carbocycles. The molecule has 1 fully saturated rings. The van der Waals surface area contributed by atoms with Crippen LogP contribution in [0.25, 0.3) is 0 Å². The van der Waals surface area contributed by atoms with Crippen LogP contribution in [-0.4, -0.2) is 44.3 Å². The normalized spacial score (nSPS) is 16.0. The van der Waals surface area contributed by atoms with Crippen molar-refractivity contribution in [3.63, 3.8) is 0 Å². The minimum Gasteiger partial charge on any atom is -0.385 e. The second kappa shape index (κ2) is 12.1. The minimum atomic E-state index is 0. The number of hydrogen-bond acceptors (Lipinski definition) is 4. The maximum absolute atomic E-state index is 5.27. The first-order valence-corrected chi connectivity index (χ1v) is 9.97. The Balaban J connectivity index is 0.00000312. The van der Waals surface area contributed by atoms with Crippen LogP contribution >= 0.6 is 35.3 Å². The lowest BCUT2D eigenvalue weighted by atomic mass is 9.67. The van der Waals surface area contributed by atoms with E-state index < -0.39 is 0 Å². The molecule has 0 bridgehead atoms. The average Bonchev–Trinajstić information content (AvgIpc) is 3.01. The molecular weight excluding hydrogens is 447 g/mol. The van der Waals surface area contributed by atoms with Crippen molar-refractivity contribution in [2.24, 2.45) is 10.4 Å². The SMILES string of the molecule is CCNC(=NCC1(CCOC)CCC1)NCCc1ncc(CC)s1.I. The number of aliphatic imine (C=N–C) groups is 1. The number of methoxy groups -OCH3 is 1. The van der Waals surface area contributed by atoms with Gasteiger partial charge in [0.1, 0.15) is 0 Å². The Hall–Kier alpha value is -0.410. The molecule has 1 aliphatic rings. The van der Waals surface area contributed by atoms with Gasteiger partial charge in [-0.05, 0) is 38.0 Å². The molecule has 0 aliphatic heterocycles. The summed E-state index contributed by atoms with van der Waals surface area (Å²) in [4.78, 5) is 10.7. The number of nitrogens with zero attached hydrogens (tertiary/aromatic N) is 2. The summed E-state index contributed by atoms with van der Waals surface area (Å²) >= 11 is 1.81. The molecule has 0 atom stereocenters. The fraction of sp³-hybridized carbons (Fsp3) is 0.778. The zero-order valence-electron chi connectivity index (χ0n) is 15.8. The van der Waals surface area contributed by atoms with Gasteiger partial charge < -0.3 is 15.4 Å². The molecule has 1 aliphatic carbocycles. The Morgan fingerprint density at radius 1 is 1.36 bits per heavy atom. The van der Waals surface area contributed by atoms with Gasteiger partial charge in [-0.3, -0.25) is 4.99 Å². The molecule has 2 rings (SSSR count). The average molecular weight is 480 g/mol. The molecule has 0 saturated heterocycles. The van der Waals surface area contributed by atoms with E-state index in [1.54, 1.807) is 7.11 Å². The van der Waals surface area contributed by atoms with Gasteiger partial charge in [0.25, 0.3) is 0 Å². The largest absolute Gasteiger partial charge is 0.385 e. The fourth-order valence-electron chi connectivity index (χ4n) is 2.99. The molecule has 1 aromatic heterocycles. The molecule has 25 heavy (non-hydrogen) atoms. The molecule has 144 valence electrons. The smallest absolute Gasteiger partial charge is 0.191 e. The molecular formula is C18H33IN4OS. The maximum atomic E-state index is 5.27. The van der Waals surface area contributed by atoms with E-state index in [1.807, 2.05) is 17.5 Å². The first kappa shape index (κ1) is 22.6. The Morgan fingerprint density at radius 3 is 2.72 bits per heavy atom. The number of hydrogen-bond donors (Lipinski definition) is 2. The van der Waals surface area contributed by atoms with Crippen LogP contribution in [-0.2, 0) is 17.6 Å². The van der Waals surface area contributed by atoms with Crippen LogP contribution < -0.4 is 10.6 Å². The van der Waals surface area contributed by atoms with E-state index in [0.29, 0.717) is 5.41 Å². The van der Waals surface area contributed by atoms with Crippen LogP contribution in [0.3, 0.4) is 0 Å². The van der Waals surface area contributed by atoms with E-state index in [1.165, 1.54) is 29.1 Å². The second-order valence-electron chi connectivity index (χ2n) is 6.54. The topological polar surface area (TPSA) is 58.5 Å². The third-order valence-electron chi connectivity index (χ3n) is 4.75. The van der Waals surface area contributed by atoms with Gasteiger partial charge in [-0.25, -0.2) is 4.98 Å². The van der Waals surface area contributed by atoms with Crippen molar-refractivity contribution < 1.29 is 4.74 Å². The predicted octanol–water partition coefficient (Wildman–Crippen LogP) is 3.63. The highest BCUT2D eigenvalue weighted by atomic mass is 127. The van der Waals surface area contributed by atoms with Crippen LogP contribution in [0, 0.1) is 5.41 Å². The van der Waals surface area contributed by atoms with Gasteiger partial charge in [-0.15, -0.1) is 35.3 Å². The Morgan fingerprint density at radius 2 is 2.16 bits per heavy atom. The lowest BCUT2D eigenvalue weighted by Crippen LogP contribution is -2.41. The van der Waals surface area contributed by atoms with Gasteiger partial charge in [0, 0.05) is 50.8 Å². The predicted molar refractivity (Wildman–Crippen MR) is 117 cm³/mol. The number of aromatic nitrogens is 1. The van der Waals surface area contributed by atoms with Gasteiger partial charge in [0.2, 0.25) is 0 Å². The molecule has 7 heteroatoms. The summed E-state index contributed by atoms with van der Waals surface area (Å²) in [6, 6.07) is 0. The van der Waals surface area contributed by atoms with Gasteiger partial charge in [-0.2, -0.15) is 0 Å². The summed E-state index contributed by atoms with van der Waals surface area (Å²) < 4.78 is 5.27. The van der Waals surface area contributed by atoms with Gasteiger partial charge in [0.15, 0.2) is 5.96 Å². The number of ether oxygens (including phenoxy) is 1. The molecule has 5 nitrogen and oxygen atoms in total. The van der Waals surface area contributed by atoms with E-state index >= 15 is 0 Å². The lowest BCUT2D eigenvalue weighted by molar-refractivity contribution is 0.0778. The zero-order valence-corrected chi connectivity index (χ0v) is 18.9. The van der Waals surface area contributed by atoms with Gasteiger partial charge >= 0.3 is 0 Å². The zero-order chi connectivity index (χ0) is 17.3. The number of rotatable bonds is 10. The van der Waals surface area contributed by atoms with E-state index in [0.717, 1.165) is 51.5 Å². The molecule has 1 heterocycles. The van der Waals surface area contributed by atoms with E-state index in [9.17, 15) is 0 Å². The number of thiazole rings is 1. The molecule has 1 saturated carbocycles. The Labute approximate surface area is 173 Å². The number of halogens is 1. The molecule has 0 radical (unpaired) electrons. The number of nitrogens with one attached hydrogen (secondary N) is 2. The molecule has 0 spiro atoms. The highest BCUT2D eigenvalue weighted by molar-refractivity contribution is 14.0. The highest BCUT2D eigenvalue weighted by Gasteiger charge is 2.36. The van der Waals surface area contributed by atoms with Crippen LogP contribution in [0.15, 0.2) is 11.2 Å². The molecule has 2 N–H and O–H groups in total. The number of guanidine groups is 1. The van der Waals surface area contributed by atoms with Crippen molar-refractivity contribution in [2.45, 2.75) is 52.4 Å². The molecule has 1 aromatic rings. The Bertz CT molecular complexity index is 517. The van der Waals surface area contributed by atoms with Crippen LogP contribution in [0.2, 0.25) is 0 Å². The lowest BCUT2D eigenvalue weighted by Gasteiger charge is -2.40. The van der Waals surface area contributed by atoms with Crippen molar-refractivity contribution in [1.82, 2.24) is 15.6 Å². The quantitative estimate of drug-likeness (QED) is 0.305. The summed E-state index contributed by atoms with van der Waals surface area (Å²) in [5, 5.41) is 8.00. The second-order valence-corrected chi connectivity index (χ2v) is 7.74. The van der Waals surface area contributed by atoms with Gasteiger partial charge in [-0.1, -0.05) is 13.3 Å². The van der Waals surface area contributed by atoms with E-state index in [-0.39, 0.29) is 24.0 Å². The Kier molecular flexibility index (Phi) is 10.9. The van der Waals surface area contributed by atoms with E-state index in [2.05, 4.69) is 29.5 Å². The van der Waals surface area contributed by atoms with E-state index in [4.69, 9.17) is 9.73 Å². The van der Waals surface area contributed by atoms with Crippen LogP contribution in [0.4, 0.5) is 0 Å². The summed E-state index contributed by atoms with van der Waals surface area (Å²) in [6.07, 6.45) is 9.01. The van der Waals surface area contributed by atoms with Crippen LogP contribution in [0.5, 0.6) is 0 Å². The number of aryl methyl sites for hydroxylation is 1. The van der Waals surface area contributed by atoms with Gasteiger partial charge in [0.05, 0.1) is 5.01 Å². The van der Waals surface area contributed by atoms with Crippen molar-refractivity contribution in [3.8, 4) is 0 Å². The highest BCUT2D eigenvalue weighted by Crippen LogP contribution is 2.44. The van der Waals surface area contributed by atoms with Crippen molar-refractivity contribution >= 4 is 41.3 Å². The third-order valence-corrected chi connectivity index (χ3v) is 5.95. The fourth-order valence-corrected chi connectivity index (χ4v) is 3.85. The molecule has 0 amide bonds. The monoisotopic (exact) mass is 480 g/mol. The van der Waals surface area contributed by atoms with Crippen molar-refractivity contribution in [1.29, 1.82) is 0 Å².